The Hall–Kier alpha value is -0.830. The summed E-state index contributed by atoms with van der Waals surface area (Å²) in [6.45, 7) is 3.55. The summed E-state index contributed by atoms with van der Waals surface area (Å²) >= 11 is 1.19. The largest absolute Gasteiger partial charge is 0.316 e. The van der Waals surface area contributed by atoms with E-state index in [1.807, 2.05) is 5.38 Å². The molecule has 48 valence electrons. The summed E-state index contributed by atoms with van der Waals surface area (Å²) in [5.74, 6) is 0. The molecule has 1 heterocycles. The monoisotopic (exact) mass is 141 g/mol. The summed E-state index contributed by atoms with van der Waals surface area (Å²) in [6, 6.07) is 0. The lowest BCUT2D eigenvalue weighted by atomic mass is 10.3. The molecule has 0 atom stereocenters. The van der Waals surface area contributed by atoms with E-state index in [1.165, 1.54) is 11.3 Å². The van der Waals surface area contributed by atoms with Crippen molar-refractivity contribution in [1.82, 2.24) is 4.98 Å². The Labute approximate surface area is 56.9 Å². The Morgan fingerprint density at radius 2 is 2.67 bits per heavy atom. The first-order valence-corrected chi connectivity index (χ1v) is 3.48. The van der Waals surface area contributed by atoms with Crippen molar-refractivity contribution in [2.75, 3.05) is 0 Å². The zero-order valence-corrected chi connectivity index (χ0v) is 5.70. The first-order chi connectivity index (χ1) is 4.33. The summed E-state index contributed by atoms with van der Waals surface area (Å²) in [5, 5.41) is 1.81. The van der Waals surface area contributed by atoms with Gasteiger partial charge in [-0.05, 0) is 0 Å². The van der Waals surface area contributed by atoms with Gasteiger partial charge >= 0.3 is 4.87 Å². The fraction of sp³-hybridized carbons (Fsp3) is 0.167. The van der Waals surface area contributed by atoms with Crippen LogP contribution in [0.2, 0.25) is 0 Å². The van der Waals surface area contributed by atoms with Gasteiger partial charge in [-0.15, -0.1) is 6.58 Å². The number of nitrogens with one attached hydrogen (secondary N) is 1. The van der Waals surface area contributed by atoms with Gasteiger partial charge in [0.2, 0.25) is 0 Å². The minimum atomic E-state index is 0.00634. The summed E-state index contributed by atoms with van der Waals surface area (Å²) in [6.07, 6.45) is 2.51. The predicted molar refractivity (Wildman–Crippen MR) is 38.8 cm³/mol. The Balaban J connectivity index is 2.84. The van der Waals surface area contributed by atoms with Gasteiger partial charge in [-0.25, -0.2) is 0 Å². The van der Waals surface area contributed by atoms with E-state index in [-0.39, 0.29) is 4.87 Å². The molecule has 0 saturated carbocycles. The molecule has 9 heavy (non-hydrogen) atoms. The normalized spacial score (nSPS) is 9.33. The third-order valence-corrected chi connectivity index (χ3v) is 1.65. The van der Waals surface area contributed by atoms with Crippen LogP contribution < -0.4 is 4.87 Å². The highest BCUT2D eigenvalue weighted by molar-refractivity contribution is 7.07. The van der Waals surface area contributed by atoms with Crippen molar-refractivity contribution in [3.05, 3.63) is 33.4 Å². The highest BCUT2D eigenvalue weighted by Gasteiger charge is 1.90. The lowest BCUT2D eigenvalue weighted by molar-refractivity contribution is 1.13. The van der Waals surface area contributed by atoms with Crippen LogP contribution in [0.4, 0.5) is 0 Å². The van der Waals surface area contributed by atoms with Gasteiger partial charge in [-0.3, -0.25) is 4.79 Å². The van der Waals surface area contributed by atoms with E-state index in [4.69, 9.17) is 0 Å². The summed E-state index contributed by atoms with van der Waals surface area (Å²) in [4.78, 5) is 13.2. The van der Waals surface area contributed by atoms with Crippen LogP contribution >= 0.6 is 11.3 Å². The van der Waals surface area contributed by atoms with E-state index in [0.29, 0.717) is 0 Å². The molecule has 1 N–H and O–H groups in total. The second kappa shape index (κ2) is 2.64. The molecule has 1 rings (SSSR count). The van der Waals surface area contributed by atoms with Crippen LogP contribution in [-0.4, -0.2) is 4.98 Å². The van der Waals surface area contributed by atoms with Crippen molar-refractivity contribution in [1.29, 1.82) is 0 Å². The van der Waals surface area contributed by atoms with Gasteiger partial charge in [-0.2, -0.15) is 0 Å². The van der Waals surface area contributed by atoms with Crippen LogP contribution in [0.3, 0.4) is 0 Å². The molecule has 0 amide bonds. The summed E-state index contributed by atoms with van der Waals surface area (Å²) < 4.78 is 0. The Morgan fingerprint density at radius 3 is 3.11 bits per heavy atom. The molecule has 0 bridgehead atoms. The topological polar surface area (TPSA) is 32.9 Å². The van der Waals surface area contributed by atoms with Gasteiger partial charge in [-0.1, -0.05) is 17.4 Å². The van der Waals surface area contributed by atoms with E-state index in [2.05, 4.69) is 11.6 Å². The van der Waals surface area contributed by atoms with E-state index < -0.39 is 0 Å². The Kier molecular flexibility index (Phi) is 1.85. The van der Waals surface area contributed by atoms with Gasteiger partial charge < -0.3 is 4.98 Å². The molecule has 1 aromatic heterocycles. The second-order valence-electron chi connectivity index (χ2n) is 1.67. The Morgan fingerprint density at radius 1 is 1.89 bits per heavy atom. The lowest BCUT2D eigenvalue weighted by Gasteiger charge is -1.82. The lowest BCUT2D eigenvalue weighted by Crippen LogP contribution is -1.93. The van der Waals surface area contributed by atoms with Gasteiger partial charge in [0, 0.05) is 17.5 Å². The van der Waals surface area contributed by atoms with Crippen LogP contribution in [0.5, 0.6) is 0 Å². The molecule has 0 unspecified atom stereocenters. The smallest absolute Gasteiger partial charge is 0.304 e. The van der Waals surface area contributed by atoms with Gasteiger partial charge in [0.1, 0.15) is 0 Å². The number of thiazole rings is 1. The molecule has 0 radical (unpaired) electrons. The van der Waals surface area contributed by atoms with Crippen molar-refractivity contribution in [3.8, 4) is 0 Å². The number of rotatable bonds is 2. The molecular weight excluding hydrogens is 134 g/mol. The van der Waals surface area contributed by atoms with Crippen molar-refractivity contribution in [3.63, 3.8) is 0 Å². The van der Waals surface area contributed by atoms with Crippen LogP contribution in [0.25, 0.3) is 0 Å². The number of hydrogen-bond donors (Lipinski definition) is 1. The zero-order chi connectivity index (χ0) is 6.69. The minimum Gasteiger partial charge on any atom is -0.316 e. The fourth-order valence-electron chi connectivity index (χ4n) is 0.569. The number of aromatic amines is 1. The third kappa shape index (κ3) is 1.54. The van der Waals surface area contributed by atoms with Crippen LogP contribution in [0, 0.1) is 0 Å². The fourth-order valence-corrected chi connectivity index (χ4v) is 1.16. The SMILES string of the molecule is C=CCc1csc(=O)[nH]1. The van der Waals surface area contributed by atoms with Crippen molar-refractivity contribution in [2.24, 2.45) is 0 Å². The first kappa shape index (κ1) is 6.29. The molecule has 0 aliphatic carbocycles. The molecule has 0 aromatic carbocycles. The molecular formula is C6H7NOS. The molecule has 0 saturated heterocycles. The maximum atomic E-state index is 10.5. The van der Waals surface area contributed by atoms with Crippen LogP contribution in [-0.2, 0) is 6.42 Å². The molecule has 0 fully saturated rings. The molecule has 1 aromatic rings. The van der Waals surface area contributed by atoms with E-state index in [1.54, 1.807) is 6.08 Å². The third-order valence-electron chi connectivity index (χ3n) is 0.935. The molecule has 2 nitrogen and oxygen atoms in total. The second-order valence-corrected chi connectivity index (χ2v) is 2.51. The number of aromatic nitrogens is 1. The summed E-state index contributed by atoms with van der Waals surface area (Å²) in [7, 11) is 0. The van der Waals surface area contributed by atoms with E-state index >= 15 is 0 Å². The maximum Gasteiger partial charge on any atom is 0.304 e. The summed E-state index contributed by atoms with van der Waals surface area (Å²) in [5.41, 5.74) is 0.944. The predicted octanol–water partition coefficient (Wildman–Crippen LogP) is 1.16. The minimum absolute atomic E-state index is 0.00634. The number of hydrogen-bond acceptors (Lipinski definition) is 2. The quantitative estimate of drug-likeness (QED) is 0.616. The van der Waals surface area contributed by atoms with E-state index in [0.717, 1.165) is 12.1 Å². The van der Waals surface area contributed by atoms with Gasteiger partial charge in [0.25, 0.3) is 0 Å². The average molecular weight is 141 g/mol. The first-order valence-electron chi connectivity index (χ1n) is 2.60. The van der Waals surface area contributed by atoms with Crippen molar-refractivity contribution < 1.29 is 0 Å². The van der Waals surface area contributed by atoms with Crippen LogP contribution in [0.1, 0.15) is 5.69 Å². The molecule has 3 heteroatoms. The standard InChI is InChI=1S/C6H7NOS/c1-2-3-5-4-9-6(8)7-5/h2,4H,1,3H2,(H,7,8). The molecule has 0 aliphatic heterocycles. The Bertz CT molecular complexity index is 248. The molecule has 0 aliphatic rings. The number of allylic oxidation sites excluding steroid dienone is 1. The van der Waals surface area contributed by atoms with E-state index in [9.17, 15) is 4.79 Å². The maximum absolute atomic E-state index is 10.5. The number of H-pyrrole nitrogens is 1. The zero-order valence-electron chi connectivity index (χ0n) is 4.89. The van der Waals surface area contributed by atoms with Crippen molar-refractivity contribution >= 4 is 11.3 Å². The van der Waals surface area contributed by atoms with Crippen LogP contribution in [0.15, 0.2) is 22.8 Å². The van der Waals surface area contributed by atoms with Gasteiger partial charge in [0.15, 0.2) is 0 Å². The van der Waals surface area contributed by atoms with Gasteiger partial charge in [0.05, 0.1) is 0 Å². The highest BCUT2D eigenvalue weighted by Crippen LogP contribution is 1.95. The highest BCUT2D eigenvalue weighted by atomic mass is 32.1. The average Bonchev–Trinajstić information content (AvgIpc) is 2.17. The molecule has 0 spiro atoms. The van der Waals surface area contributed by atoms with Crippen molar-refractivity contribution in [2.45, 2.75) is 6.42 Å².